The maximum Gasteiger partial charge on any atom is 0.306 e. The number of carboxylic acid groups (broad SMARTS) is 1. The molecule has 1 heterocycles. The lowest BCUT2D eigenvalue weighted by atomic mass is 9.97. The maximum atomic E-state index is 12.4. The average Bonchev–Trinajstić information content (AvgIpc) is 2.61. The number of aryl methyl sites for hydroxylation is 1. The summed E-state index contributed by atoms with van der Waals surface area (Å²) in [6, 6.07) is 3.61. The van der Waals surface area contributed by atoms with Gasteiger partial charge in [0.1, 0.15) is 0 Å². The summed E-state index contributed by atoms with van der Waals surface area (Å²) in [6.07, 6.45) is 1.18. The highest BCUT2D eigenvalue weighted by Crippen LogP contribution is 2.32. The van der Waals surface area contributed by atoms with Gasteiger partial charge in [-0.3, -0.25) is 14.5 Å². The van der Waals surface area contributed by atoms with Gasteiger partial charge in [0.25, 0.3) is 0 Å². The van der Waals surface area contributed by atoms with E-state index in [1.807, 2.05) is 30.9 Å². The van der Waals surface area contributed by atoms with Gasteiger partial charge >= 0.3 is 5.97 Å². The van der Waals surface area contributed by atoms with E-state index >= 15 is 0 Å². The number of carboxylic acids is 1. The Balaban J connectivity index is 1.94. The number of likely N-dealkylation sites (tertiary alicyclic amines) is 1. The second-order valence-corrected chi connectivity index (χ2v) is 6.74. The molecule has 0 saturated carbocycles. The quantitative estimate of drug-likeness (QED) is 0.769. The second kappa shape index (κ2) is 8.89. The molecule has 0 aromatic heterocycles. The normalized spacial score (nSPS) is 16.8. The van der Waals surface area contributed by atoms with E-state index < -0.39 is 5.97 Å². The monoisotopic (exact) mass is 364 g/mol. The van der Waals surface area contributed by atoms with Gasteiger partial charge < -0.3 is 19.9 Å². The summed E-state index contributed by atoms with van der Waals surface area (Å²) in [4.78, 5) is 25.4. The molecule has 1 amide bonds. The van der Waals surface area contributed by atoms with Crippen LogP contribution in [0.3, 0.4) is 0 Å². The standard InChI is InChI=1S/C19H28N2O5/c1-12-9-16(25-3)17(26-4)10-15(12)13(2)20-18(22)11-21-7-5-14(6-8-21)19(23)24/h9-10,13-14H,5-8,11H2,1-4H3,(H,20,22)(H,23,24). The first kappa shape index (κ1) is 20.0. The summed E-state index contributed by atoms with van der Waals surface area (Å²) in [5.41, 5.74) is 1.98. The lowest BCUT2D eigenvalue weighted by molar-refractivity contribution is -0.143. The number of carbonyl (C=O) groups is 2. The van der Waals surface area contributed by atoms with Crippen molar-refractivity contribution < 1.29 is 24.2 Å². The third-order valence-electron chi connectivity index (χ3n) is 4.92. The van der Waals surface area contributed by atoms with E-state index in [0.717, 1.165) is 11.1 Å². The highest BCUT2D eigenvalue weighted by Gasteiger charge is 2.26. The summed E-state index contributed by atoms with van der Waals surface area (Å²) in [5.74, 6) is 0.188. The van der Waals surface area contributed by atoms with Gasteiger partial charge in [-0.05, 0) is 63.0 Å². The fourth-order valence-corrected chi connectivity index (χ4v) is 3.37. The van der Waals surface area contributed by atoms with Crippen LogP contribution in [-0.2, 0) is 9.59 Å². The minimum absolute atomic E-state index is 0.0690. The molecular weight excluding hydrogens is 336 g/mol. The van der Waals surface area contributed by atoms with Crippen LogP contribution >= 0.6 is 0 Å². The summed E-state index contributed by atoms with van der Waals surface area (Å²) in [7, 11) is 3.18. The summed E-state index contributed by atoms with van der Waals surface area (Å²) in [5, 5.41) is 12.1. The zero-order valence-electron chi connectivity index (χ0n) is 15.9. The van der Waals surface area contributed by atoms with Crippen LogP contribution in [0, 0.1) is 12.8 Å². The van der Waals surface area contributed by atoms with Crippen LogP contribution in [0.5, 0.6) is 11.5 Å². The molecule has 1 aromatic carbocycles. The Hall–Kier alpha value is -2.28. The van der Waals surface area contributed by atoms with Gasteiger partial charge in [-0.15, -0.1) is 0 Å². The number of carbonyl (C=O) groups excluding carboxylic acids is 1. The number of benzene rings is 1. The average molecular weight is 364 g/mol. The van der Waals surface area contributed by atoms with Crippen molar-refractivity contribution >= 4 is 11.9 Å². The molecule has 1 atom stereocenters. The van der Waals surface area contributed by atoms with E-state index in [2.05, 4.69) is 5.32 Å². The fourth-order valence-electron chi connectivity index (χ4n) is 3.37. The van der Waals surface area contributed by atoms with Gasteiger partial charge in [0, 0.05) is 0 Å². The van der Waals surface area contributed by atoms with Gasteiger partial charge in [-0.2, -0.15) is 0 Å². The predicted octanol–water partition coefficient (Wildman–Crippen LogP) is 1.99. The topological polar surface area (TPSA) is 88.1 Å². The number of aliphatic carboxylic acids is 1. The van der Waals surface area contributed by atoms with Crippen molar-refractivity contribution in [2.45, 2.75) is 32.7 Å². The smallest absolute Gasteiger partial charge is 0.306 e. The lowest BCUT2D eigenvalue weighted by Gasteiger charge is -2.30. The van der Waals surface area contributed by atoms with E-state index in [9.17, 15) is 9.59 Å². The van der Waals surface area contributed by atoms with Crippen molar-refractivity contribution in [2.75, 3.05) is 33.9 Å². The van der Waals surface area contributed by atoms with Crippen molar-refractivity contribution in [3.8, 4) is 11.5 Å². The summed E-state index contributed by atoms with van der Waals surface area (Å²) in [6.45, 7) is 5.45. The molecule has 0 bridgehead atoms. The zero-order valence-corrected chi connectivity index (χ0v) is 15.9. The lowest BCUT2D eigenvalue weighted by Crippen LogP contribution is -2.43. The molecule has 1 saturated heterocycles. The SMILES string of the molecule is COc1cc(C)c(C(C)NC(=O)CN2CCC(C(=O)O)CC2)cc1OC. The van der Waals surface area contributed by atoms with Crippen LogP contribution in [0.25, 0.3) is 0 Å². The number of amides is 1. The maximum absolute atomic E-state index is 12.4. The van der Waals surface area contributed by atoms with Gasteiger partial charge in [0.05, 0.1) is 32.7 Å². The molecule has 2 rings (SSSR count). The van der Waals surface area contributed by atoms with E-state index in [1.54, 1.807) is 14.2 Å². The first-order valence-corrected chi connectivity index (χ1v) is 8.82. The van der Waals surface area contributed by atoms with E-state index in [-0.39, 0.29) is 24.4 Å². The number of nitrogens with one attached hydrogen (secondary N) is 1. The number of ether oxygens (including phenoxy) is 2. The Morgan fingerprint density at radius 3 is 2.35 bits per heavy atom. The summed E-state index contributed by atoms with van der Waals surface area (Å²) >= 11 is 0. The third-order valence-corrected chi connectivity index (χ3v) is 4.92. The van der Waals surface area contributed by atoms with Crippen molar-refractivity contribution in [3.63, 3.8) is 0 Å². The van der Waals surface area contributed by atoms with Gasteiger partial charge in [-0.25, -0.2) is 0 Å². The molecule has 7 nitrogen and oxygen atoms in total. The third kappa shape index (κ3) is 4.88. The van der Waals surface area contributed by atoms with Crippen LogP contribution in [0.15, 0.2) is 12.1 Å². The van der Waals surface area contributed by atoms with Crippen LogP contribution < -0.4 is 14.8 Å². The molecule has 0 aliphatic carbocycles. The number of piperidine rings is 1. The molecule has 0 radical (unpaired) electrons. The van der Waals surface area contributed by atoms with Crippen molar-refractivity contribution in [1.29, 1.82) is 0 Å². The molecule has 0 spiro atoms. The Morgan fingerprint density at radius 1 is 1.23 bits per heavy atom. The van der Waals surface area contributed by atoms with Crippen LogP contribution in [0.2, 0.25) is 0 Å². The largest absolute Gasteiger partial charge is 0.493 e. The molecular formula is C19H28N2O5. The Labute approximate surface area is 154 Å². The van der Waals surface area contributed by atoms with Gasteiger partial charge in [-0.1, -0.05) is 0 Å². The van der Waals surface area contributed by atoms with Crippen molar-refractivity contribution in [3.05, 3.63) is 23.3 Å². The van der Waals surface area contributed by atoms with E-state index in [1.165, 1.54) is 0 Å². The van der Waals surface area contributed by atoms with Crippen LogP contribution in [0.4, 0.5) is 0 Å². The first-order valence-electron chi connectivity index (χ1n) is 8.82. The highest BCUT2D eigenvalue weighted by molar-refractivity contribution is 5.78. The number of hydrogen-bond donors (Lipinski definition) is 2. The number of rotatable bonds is 7. The summed E-state index contributed by atoms with van der Waals surface area (Å²) < 4.78 is 10.6. The van der Waals surface area contributed by atoms with Crippen LogP contribution in [0.1, 0.15) is 36.9 Å². The Morgan fingerprint density at radius 2 is 1.81 bits per heavy atom. The van der Waals surface area contributed by atoms with Gasteiger partial charge in [0.15, 0.2) is 11.5 Å². The molecule has 7 heteroatoms. The van der Waals surface area contributed by atoms with E-state index in [0.29, 0.717) is 37.4 Å². The molecule has 1 aromatic rings. The first-order chi connectivity index (χ1) is 12.3. The second-order valence-electron chi connectivity index (χ2n) is 6.74. The molecule has 1 aliphatic heterocycles. The molecule has 1 unspecified atom stereocenters. The number of methoxy groups -OCH3 is 2. The molecule has 144 valence electrons. The zero-order chi connectivity index (χ0) is 19.3. The predicted molar refractivity (Wildman–Crippen MR) is 97.6 cm³/mol. The molecule has 1 aliphatic rings. The Kier molecular flexibility index (Phi) is 6.85. The molecule has 2 N–H and O–H groups in total. The molecule has 1 fully saturated rings. The fraction of sp³-hybridized carbons (Fsp3) is 0.579. The number of hydrogen-bond acceptors (Lipinski definition) is 5. The minimum Gasteiger partial charge on any atom is -0.493 e. The van der Waals surface area contributed by atoms with Crippen molar-refractivity contribution in [1.82, 2.24) is 10.2 Å². The Bertz CT molecular complexity index is 654. The van der Waals surface area contributed by atoms with Crippen molar-refractivity contribution in [2.24, 2.45) is 5.92 Å². The van der Waals surface area contributed by atoms with Gasteiger partial charge in [0.2, 0.25) is 5.91 Å². The minimum atomic E-state index is -0.744. The van der Waals surface area contributed by atoms with Crippen LogP contribution in [-0.4, -0.2) is 55.7 Å². The number of nitrogens with zero attached hydrogens (tertiary/aromatic N) is 1. The van der Waals surface area contributed by atoms with E-state index in [4.69, 9.17) is 14.6 Å². The molecule has 26 heavy (non-hydrogen) atoms. The highest BCUT2D eigenvalue weighted by atomic mass is 16.5.